The summed E-state index contributed by atoms with van der Waals surface area (Å²) < 4.78 is 0. The molecule has 0 aromatic heterocycles. The topological polar surface area (TPSA) is 60.9 Å². The quantitative estimate of drug-likeness (QED) is 0.902. The van der Waals surface area contributed by atoms with Crippen molar-refractivity contribution in [2.24, 2.45) is 0 Å². The summed E-state index contributed by atoms with van der Waals surface area (Å²) in [7, 11) is 0. The molecule has 5 nitrogen and oxygen atoms in total. The number of rotatable bonds is 5. The number of carbonyl (C=O) groups is 2. The van der Waals surface area contributed by atoms with Crippen LogP contribution >= 0.6 is 0 Å². The van der Waals surface area contributed by atoms with E-state index in [0.29, 0.717) is 13.1 Å². The van der Waals surface area contributed by atoms with Gasteiger partial charge < -0.3 is 14.9 Å². The summed E-state index contributed by atoms with van der Waals surface area (Å²) in [5.41, 5.74) is 1.88. The van der Waals surface area contributed by atoms with E-state index in [1.165, 1.54) is 0 Å². The van der Waals surface area contributed by atoms with Gasteiger partial charge in [-0.1, -0.05) is 25.1 Å². The molecule has 0 aliphatic carbocycles. The number of benzene rings is 1. The summed E-state index contributed by atoms with van der Waals surface area (Å²) in [5.74, 6) is -0.674. The second-order valence-corrected chi connectivity index (χ2v) is 5.64. The van der Waals surface area contributed by atoms with Crippen LogP contribution in [-0.2, 0) is 11.2 Å². The Morgan fingerprint density at radius 3 is 2.64 bits per heavy atom. The molecule has 5 heteroatoms. The molecule has 22 heavy (non-hydrogen) atoms. The largest absolute Gasteiger partial charge is 0.481 e. The zero-order chi connectivity index (χ0) is 15.9. The van der Waals surface area contributed by atoms with Gasteiger partial charge in [-0.25, -0.2) is 0 Å². The van der Waals surface area contributed by atoms with E-state index < -0.39 is 5.97 Å². The second-order valence-electron chi connectivity index (χ2n) is 5.64. The zero-order valence-corrected chi connectivity index (χ0v) is 13.1. The normalized spacial score (nSPS) is 16.3. The maximum Gasteiger partial charge on any atom is 0.304 e. The Kier molecular flexibility index (Phi) is 5.95. The van der Waals surface area contributed by atoms with E-state index in [2.05, 4.69) is 11.8 Å². The van der Waals surface area contributed by atoms with Gasteiger partial charge in [-0.3, -0.25) is 9.59 Å². The van der Waals surface area contributed by atoms with Gasteiger partial charge in [0.25, 0.3) is 5.91 Å². The molecule has 1 aromatic rings. The lowest BCUT2D eigenvalue weighted by molar-refractivity contribution is -0.137. The Bertz CT molecular complexity index is 530. The molecule has 1 aromatic carbocycles. The van der Waals surface area contributed by atoms with E-state index in [1.807, 2.05) is 29.2 Å². The zero-order valence-electron chi connectivity index (χ0n) is 13.1. The minimum atomic E-state index is -0.769. The highest BCUT2D eigenvalue weighted by Crippen LogP contribution is 2.14. The van der Waals surface area contributed by atoms with Crippen LogP contribution in [0.4, 0.5) is 0 Å². The van der Waals surface area contributed by atoms with Crippen LogP contribution in [0, 0.1) is 0 Å². The molecule has 1 heterocycles. The van der Waals surface area contributed by atoms with E-state index in [-0.39, 0.29) is 12.3 Å². The van der Waals surface area contributed by atoms with Crippen LogP contribution in [0.5, 0.6) is 0 Å². The van der Waals surface area contributed by atoms with Crippen molar-refractivity contribution in [3.05, 3.63) is 35.4 Å². The van der Waals surface area contributed by atoms with Crippen LogP contribution in [0.3, 0.4) is 0 Å². The van der Waals surface area contributed by atoms with Crippen LogP contribution < -0.4 is 0 Å². The molecule has 0 saturated carbocycles. The number of carboxylic acid groups (broad SMARTS) is 1. The number of hydrogen-bond acceptors (Lipinski definition) is 3. The number of aliphatic carboxylic acids is 1. The maximum absolute atomic E-state index is 12.7. The van der Waals surface area contributed by atoms with E-state index in [9.17, 15) is 9.59 Å². The highest BCUT2D eigenvalue weighted by atomic mass is 16.4. The smallest absolute Gasteiger partial charge is 0.304 e. The minimum absolute atomic E-state index is 0.0949. The first kappa shape index (κ1) is 16.5. The lowest BCUT2D eigenvalue weighted by Gasteiger charge is -2.22. The van der Waals surface area contributed by atoms with Gasteiger partial charge in [0.2, 0.25) is 0 Å². The molecule has 1 aliphatic heterocycles. The molecule has 0 bridgehead atoms. The van der Waals surface area contributed by atoms with Crippen molar-refractivity contribution in [1.82, 2.24) is 9.80 Å². The molecule has 0 radical (unpaired) electrons. The van der Waals surface area contributed by atoms with Crippen molar-refractivity contribution in [2.45, 2.75) is 26.2 Å². The molecule has 0 atom stereocenters. The summed E-state index contributed by atoms with van der Waals surface area (Å²) in [6.45, 7) is 5.61. The number of carbonyl (C=O) groups excluding carboxylic acids is 1. The van der Waals surface area contributed by atoms with Crippen molar-refractivity contribution in [3.63, 3.8) is 0 Å². The van der Waals surface area contributed by atoms with E-state index in [1.54, 1.807) is 0 Å². The average Bonchev–Trinajstić information content (AvgIpc) is 2.77. The first-order valence-electron chi connectivity index (χ1n) is 7.93. The summed E-state index contributed by atoms with van der Waals surface area (Å²) in [4.78, 5) is 27.4. The van der Waals surface area contributed by atoms with Gasteiger partial charge in [-0.2, -0.15) is 0 Å². The predicted molar refractivity (Wildman–Crippen MR) is 85.0 cm³/mol. The number of carboxylic acids is 1. The van der Waals surface area contributed by atoms with Gasteiger partial charge in [0.1, 0.15) is 0 Å². The van der Waals surface area contributed by atoms with Gasteiger partial charge in [-0.15, -0.1) is 0 Å². The van der Waals surface area contributed by atoms with Crippen LogP contribution in [0.15, 0.2) is 24.3 Å². The molecular formula is C17H24N2O3. The Balaban J connectivity index is 1.98. The fourth-order valence-electron chi connectivity index (χ4n) is 2.86. The first-order valence-corrected chi connectivity index (χ1v) is 7.93. The first-order chi connectivity index (χ1) is 10.6. The Morgan fingerprint density at radius 2 is 1.91 bits per heavy atom. The molecule has 1 fully saturated rings. The molecule has 1 aliphatic rings. The van der Waals surface area contributed by atoms with Gasteiger partial charge in [0.05, 0.1) is 6.42 Å². The van der Waals surface area contributed by atoms with E-state index in [4.69, 9.17) is 5.11 Å². The second kappa shape index (κ2) is 7.94. The third kappa shape index (κ3) is 4.31. The molecule has 1 N–H and O–H groups in total. The third-order valence-electron chi connectivity index (χ3n) is 4.15. The molecule has 1 saturated heterocycles. The Hall–Kier alpha value is -1.88. The molecular weight excluding hydrogens is 280 g/mol. The number of aryl methyl sites for hydroxylation is 1. The molecule has 120 valence electrons. The van der Waals surface area contributed by atoms with Gasteiger partial charge in [-0.05, 0) is 31.0 Å². The van der Waals surface area contributed by atoms with Crippen molar-refractivity contribution in [1.29, 1.82) is 0 Å². The van der Waals surface area contributed by atoms with Crippen molar-refractivity contribution >= 4 is 11.9 Å². The molecule has 2 rings (SSSR count). The van der Waals surface area contributed by atoms with Crippen LogP contribution in [0.25, 0.3) is 0 Å². The third-order valence-corrected chi connectivity index (χ3v) is 4.15. The van der Waals surface area contributed by atoms with Gasteiger partial charge >= 0.3 is 5.97 Å². The van der Waals surface area contributed by atoms with Crippen LogP contribution in [0.1, 0.15) is 35.7 Å². The molecule has 0 spiro atoms. The van der Waals surface area contributed by atoms with E-state index in [0.717, 1.165) is 43.6 Å². The fourth-order valence-corrected chi connectivity index (χ4v) is 2.86. The fraction of sp³-hybridized carbons (Fsp3) is 0.529. The minimum Gasteiger partial charge on any atom is -0.481 e. The lowest BCUT2D eigenvalue weighted by Crippen LogP contribution is -2.36. The summed E-state index contributed by atoms with van der Waals surface area (Å²) in [6.07, 6.45) is 1.90. The average molecular weight is 304 g/mol. The maximum atomic E-state index is 12.7. The van der Waals surface area contributed by atoms with E-state index >= 15 is 0 Å². The summed E-state index contributed by atoms with van der Waals surface area (Å²) in [5, 5.41) is 8.77. The van der Waals surface area contributed by atoms with Crippen molar-refractivity contribution in [2.75, 3.05) is 32.7 Å². The number of amides is 1. The Labute approximate surface area is 131 Å². The highest BCUT2D eigenvalue weighted by molar-refractivity contribution is 5.95. The van der Waals surface area contributed by atoms with Crippen molar-refractivity contribution < 1.29 is 14.7 Å². The van der Waals surface area contributed by atoms with Gasteiger partial charge in [0.15, 0.2) is 0 Å². The standard InChI is InChI=1S/C17H24N2O3/c1-2-14-6-3-4-7-15(14)17(22)19-10-5-9-18(12-13-19)11-8-16(20)21/h3-4,6-7H,2,5,8-13H2,1H3,(H,20,21). The van der Waals surface area contributed by atoms with Crippen molar-refractivity contribution in [3.8, 4) is 0 Å². The SMILES string of the molecule is CCc1ccccc1C(=O)N1CCCN(CCC(=O)O)CC1. The predicted octanol–water partition coefficient (Wildman–Crippen LogP) is 1.87. The molecule has 0 unspecified atom stereocenters. The monoisotopic (exact) mass is 304 g/mol. The van der Waals surface area contributed by atoms with Gasteiger partial charge in [0, 0.05) is 31.7 Å². The summed E-state index contributed by atoms with van der Waals surface area (Å²) in [6, 6.07) is 7.77. The number of nitrogens with zero attached hydrogens (tertiary/aromatic N) is 2. The highest BCUT2D eigenvalue weighted by Gasteiger charge is 2.21. The summed E-state index contributed by atoms with van der Waals surface area (Å²) >= 11 is 0. The Morgan fingerprint density at radius 1 is 1.14 bits per heavy atom. The lowest BCUT2D eigenvalue weighted by atomic mass is 10.0. The van der Waals surface area contributed by atoms with Crippen LogP contribution in [0.2, 0.25) is 0 Å². The van der Waals surface area contributed by atoms with Crippen LogP contribution in [-0.4, -0.2) is 59.5 Å². The molecule has 1 amide bonds. The number of hydrogen-bond donors (Lipinski definition) is 1.